The van der Waals surface area contributed by atoms with Crippen molar-refractivity contribution in [3.63, 3.8) is 0 Å². The zero-order valence-corrected chi connectivity index (χ0v) is 24.0. The van der Waals surface area contributed by atoms with E-state index >= 15 is 0 Å². The Labute approximate surface area is 228 Å². The summed E-state index contributed by atoms with van der Waals surface area (Å²) in [5.41, 5.74) is -3.01. The molecule has 1 aliphatic rings. The number of hydrogen-bond acceptors (Lipinski definition) is 7. The Hall–Kier alpha value is -3.60. The summed E-state index contributed by atoms with van der Waals surface area (Å²) in [6.07, 6.45) is -0.617. The van der Waals surface area contributed by atoms with Crippen LogP contribution < -0.4 is 10.9 Å². The van der Waals surface area contributed by atoms with Crippen LogP contribution in [0.25, 0.3) is 5.69 Å². The number of aromatic nitrogens is 2. The summed E-state index contributed by atoms with van der Waals surface area (Å²) in [5, 5.41) is 13.4. The van der Waals surface area contributed by atoms with Crippen molar-refractivity contribution < 1.29 is 29.0 Å². The minimum atomic E-state index is -1.27. The highest BCUT2D eigenvalue weighted by Gasteiger charge is 2.52. The molecule has 2 atom stereocenters. The van der Waals surface area contributed by atoms with Gasteiger partial charge in [0.2, 0.25) is 0 Å². The molecule has 0 radical (unpaired) electrons. The number of para-hydroxylation sites is 1. The lowest BCUT2D eigenvalue weighted by Crippen LogP contribution is -2.51. The Morgan fingerprint density at radius 3 is 2.28 bits per heavy atom. The number of ether oxygens (including phenoxy) is 2. The van der Waals surface area contributed by atoms with Gasteiger partial charge in [0, 0.05) is 13.1 Å². The van der Waals surface area contributed by atoms with Gasteiger partial charge in [-0.25, -0.2) is 9.48 Å². The molecule has 1 saturated heterocycles. The number of aliphatic hydroxyl groups is 1. The average Bonchev–Trinajstić information content (AvgIpc) is 3.26. The van der Waals surface area contributed by atoms with Gasteiger partial charge in [-0.15, -0.1) is 0 Å². The Morgan fingerprint density at radius 1 is 1.13 bits per heavy atom. The monoisotopic (exact) mass is 544 g/mol. The van der Waals surface area contributed by atoms with Crippen LogP contribution in [-0.2, 0) is 20.8 Å². The van der Waals surface area contributed by atoms with Crippen LogP contribution >= 0.6 is 0 Å². The average molecular weight is 545 g/mol. The van der Waals surface area contributed by atoms with E-state index in [-0.39, 0.29) is 31.8 Å². The molecule has 2 N–H and O–H groups in total. The van der Waals surface area contributed by atoms with E-state index in [1.165, 1.54) is 9.58 Å². The van der Waals surface area contributed by atoms with Gasteiger partial charge in [-0.1, -0.05) is 18.2 Å². The first-order valence-corrected chi connectivity index (χ1v) is 13.0. The fourth-order valence-corrected chi connectivity index (χ4v) is 4.69. The lowest BCUT2D eigenvalue weighted by molar-refractivity contribution is -0.154. The number of rotatable bonds is 7. The number of carbonyl (C=O) groups is 3. The zero-order chi connectivity index (χ0) is 29.3. The molecule has 2 unspecified atom stereocenters. The molecule has 11 nitrogen and oxygen atoms in total. The standard InChI is InChI=1S/C28H40N4O7/c1-9-38-24(35)28(8)17-30(25(36)39-26(3,4)5)15-20(28)29-22(33)21-18(2)31(16-27(6,7)37)32(23(21)34)19-13-11-10-12-14-19/h10-14,20,37H,9,15-17H2,1-8H3,(H,29,33). The zero-order valence-electron chi connectivity index (χ0n) is 24.0. The number of likely N-dealkylation sites (tertiary alicyclic amines) is 1. The number of nitrogens with zero attached hydrogens (tertiary/aromatic N) is 3. The van der Waals surface area contributed by atoms with Gasteiger partial charge < -0.3 is 24.8 Å². The minimum Gasteiger partial charge on any atom is -0.465 e. The maximum absolute atomic E-state index is 13.7. The molecule has 2 heterocycles. The summed E-state index contributed by atoms with van der Waals surface area (Å²) >= 11 is 0. The predicted molar refractivity (Wildman–Crippen MR) is 145 cm³/mol. The van der Waals surface area contributed by atoms with E-state index in [0.29, 0.717) is 11.4 Å². The van der Waals surface area contributed by atoms with E-state index in [9.17, 15) is 24.3 Å². The van der Waals surface area contributed by atoms with E-state index in [0.717, 1.165) is 0 Å². The fraction of sp³-hybridized carbons (Fsp3) is 0.571. The number of esters is 1. The summed E-state index contributed by atoms with van der Waals surface area (Å²) in [6, 6.07) is 7.97. The Balaban J connectivity index is 2.02. The third kappa shape index (κ3) is 6.52. The molecule has 2 aromatic rings. The lowest BCUT2D eigenvalue weighted by Gasteiger charge is -2.28. The van der Waals surface area contributed by atoms with Crippen molar-refractivity contribution in [1.82, 2.24) is 19.6 Å². The normalized spacial score (nSPS) is 19.6. The van der Waals surface area contributed by atoms with Gasteiger partial charge in [0.05, 0.1) is 36.2 Å². The Morgan fingerprint density at radius 2 is 1.74 bits per heavy atom. The SMILES string of the molecule is CCOC(=O)C1(C)CN(C(=O)OC(C)(C)C)CC1NC(=O)c1c(C)n(CC(C)(C)O)n(-c2ccccc2)c1=O. The molecule has 0 aliphatic carbocycles. The highest BCUT2D eigenvalue weighted by atomic mass is 16.6. The van der Waals surface area contributed by atoms with Gasteiger partial charge in [0.1, 0.15) is 16.6 Å². The molecular weight excluding hydrogens is 504 g/mol. The lowest BCUT2D eigenvalue weighted by atomic mass is 9.85. The maximum Gasteiger partial charge on any atom is 0.410 e. The van der Waals surface area contributed by atoms with Crippen LogP contribution in [0.3, 0.4) is 0 Å². The first-order chi connectivity index (χ1) is 18.0. The molecule has 214 valence electrons. The van der Waals surface area contributed by atoms with Crippen LogP contribution in [-0.4, -0.2) is 74.3 Å². The molecule has 11 heteroatoms. The number of hydrogen-bond donors (Lipinski definition) is 2. The second kappa shape index (κ2) is 10.9. The van der Waals surface area contributed by atoms with Crippen molar-refractivity contribution in [2.75, 3.05) is 19.7 Å². The summed E-state index contributed by atoms with van der Waals surface area (Å²) in [5.74, 6) is -1.26. The molecule has 2 amide bonds. The second-order valence-corrected chi connectivity index (χ2v) is 11.8. The molecule has 1 aromatic carbocycles. The molecular formula is C28H40N4O7. The van der Waals surface area contributed by atoms with Crippen LogP contribution in [0.5, 0.6) is 0 Å². The third-order valence-electron chi connectivity index (χ3n) is 6.55. The molecule has 1 fully saturated rings. The first-order valence-electron chi connectivity index (χ1n) is 13.0. The summed E-state index contributed by atoms with van der Waals surface area (Å²) < 4.78 is 13.7. The highest BCUT2D eigenvalue weighted by molar-refractivity contribution is 5.96. The third-order valence-corrected chi connectivity index (χ3v) is 6.55. The van der Waals surface area contributed by atoms with Crippen LogP contribution in [0, 0.1) is 12.3 Å². The van der Waals surface area contributed by atoms with E-state index < -0.39 is 46.2 Å². The fourth-order valence-electron chi connectivity index (χ4n) is 4.69. The van der Waals surface area contributed by atoms with E-state index in [4.69, 9.17) is 9.47 Å². The second-order valence-electron chi connectivity index (χ2n) is 11.8. The topological polar surface area (TPSA) is 132 Å². The Kier molecular flexibility index (Phi) is 8.35. The number of benzene rings is 1. The molecule has 39 heavy (non-hydrogen) atoms. The summed E-state index contributed by atoms with van der Waals surface area (Å²) in [7, 11) is 0. The van der Waals surface area contributed by atoms with Crippen LogP contribution in [0.15, 0.2) is 35.1 Å². The number of carbonyl (C=O) groups excluding carboxylic acids is 3. The molecule has 0 saturated carbocycles. The maximum atomic E-state index is 13.7. The van der Waals surface area contributed by atoms with Crippen molar-refractivity contribution in [3.05, 3.63) is 51.9 Å². The van der Waals surface area contributed by atoms with Crippen molar-refractivity contribution in [1.29, 1.82) is 0 Å². The van der Waals surface area contributed by atoms with Gasteiger partial charge in [-0.05, 0) is 67.5 Å². The Bertz CT molecular complexity index is 1280. The minimum absolute atomic E-state index is 0.00767. The van der Waals surface area contributed by atoms with Gasteiger partial charge in [0.25, 0.3) is 11.5 Å². The van der Waals surface area contributed by atoms with E-state index in [1.54, 1.807) is 84.3 Å². The van der Waals surface area contributed by atoms with Gasteiger partial charge in [0.15, 0.2) is 0 Å². The smallest absolute Gasteiger partial charge is 0.410 e. The van der Waals surface area contributed by atoms with Crippen molar-refractivity contribution in [2.45, 2.75) is 79.2 Å². The van der Waals surface area contributed by atoms with E-state index in [2.05, 4.69) is 5.32 Å². The van der Waals surface area contributed by atoms with Gasteiger partial charge >= 0.3 is 12.1 Å². The largest absolute Gasteiger partial charge is 0.465 e. The van der Waals surface area contributed by atoms with Gasteiger partial charge in [-0.3, -0.25) is 19.1 Å². The first kappa shape index (κ1) is 29.9. The molecule has 3 rings (SSSR count). The molecule has 1 aliphatic heterocycles. The van der Waals surface area contributed by atoms with Crippen LogP contribution in [0.2, 0.25) is 0 Å². The molecule has 0 bridgehead atoms. The molecule has 1 aromatic heterocycles. The van der Waals surface area contributed by atoms with Crippen molar-refractivity contribution in [3.8, 4) is 5.69 Å². The van der Waals surface area contributed by atoms with E-state index in [1.807, 2.05) is 6.07 Å². The van der Waals surface area contributed by atoms with Crippen LogP contribution in [0.4, 0.5) is 4.79 Å². The number of nitrogens with one attached hydrogen (secondary N) is 1. The van der Waals surface area contributed by atoms with Crippen LogP contribution in [0.1, 0.15) is 64.5 Å². The summed E-state index contributed by atoms with van der Waals surface area (Å²) in [6.45, 7) is 13.5. The van der Waals surface area contributed by atoms with Crippen molar-refractivity contribution in [2.24, 2.45) is 5.41 Å². The molecule has 0 spiro atoms. The van der Waals surface area contributed by atoms with Crippen molar-refractivity contribution >= 4 is 18.0 Å². The van der Waals surface area contributed by atoms with Gasteiger partial charge in [-0.2, -0.15) is 0 Å². The predicted octanol–water partition coefficient (Wildman–Crippen LogP) is 2.64. The highest BCUT2D eigenvalue weighted by Crippen LogP contribution is 2.33. The number of amides is 2. The quantitative estimate of drug-likeness (QED) is 0.512. The summed E-state index contributed by atoms with van der Waals surface area (Å²) in [4.78, 5) is 54.6.